The molecule has 1 amide bonds. The van der Waals surface area contributed by atoms with E-state index in [1.165, 1.54) is 0 Å². The molecule has 2 fully saturated rings. The van der Waals surface area contributed by atoms with E-state index < -0.39 is 0 Å². The molecular formula is C25H31ClN6O. The number of aryl methyl sites for hydroxylation is 2. The van der Waals surface area contributed by atoms with Crippen molar-refractivity contribution >= 4 is 34.2 Å². The van der Waals surface area contributed by atoms with Crippen LogP contribution >= 0.6 is 11.6 Å². The van der Waals surface area contributed by atoms with Crippen LogP contribution in [0.2, 0.25) is 5.02 Å². The Kier molecular flexibility index (Phi) is 5.99. The Morgan fingerprint density at radius 2 is 1.76 bits per heavy atom. The Morgan fingerprint density at radius 1 is 1.03 bits per heavy atom. The Labute approximate surface area is 199 Å². The fourth-order valence-corrected chi connectivity index (χ4v) is 5.34. The SMILES string of the molecule is Cc1nnc(N2CCCC(C(=O)N3CCC(C)CC3)C2)c2nn(-c3ccc(Cl)cc3)c(C)c12. The molecule has 1 aromatic carbocycles. The van der Waals surface area contributed by atoms with Gasteiger partial charge in [0, 0.05) is 31.2 Å². The number of amides is 1. The van der Waals surface area contributed by atoms with E-state index in [4.69, 9.17) is 16.7 Å². The summed E-state index contributed by atoms with van der Waals surface area (Å²) in [5.74, 6) is 1.79. The standard InChI is InChI=1S/C25H31ClN6O/c1-16-10-13-30(14-11-16)25(33)19-5-4-12-31(15-19)24-23-22(17(2)27-28-24)18(3)32(29-23)21-8-6-20(26)7-9-21/h6-9,16,19H,4-5,10-15H2,1-3H3. The van der Waals surface area contributed by atoms with Crippen LogP contribution in [0.4, 0.5) is 5.82 Å². The molecule has 2 aliphatic rings. The molecule has 5 rings (SSSR count). The summed E-state index contributed by atoms with van der Waals surface area (Å²) in [6.45, 7) is 9.61. The first-order valence-electron chi connectivity index (χ1n) is 11.9. The van der Waals surface area contributed by atoms with Crippen molar-refractivity contribution < 1.29 is 4.79 Å². The number of halogens is 1. The highest BCUT2D eigenvalue weighted by Gasteiger charge is 2.32. The van der Waals surface area contributed by atoms with Crippen molar-refractivity contribution in [1.29, 1.82) is 0 Å². The largest absolute Gasteiger partial charge is 0.352 e. The van der Waals surface area contributed by atoms with Crippen LogP contribution in [-0.4, -0.2) is 57.0 Å². The Bertz CT molecular complexity index is 1170. The molecule has 3 aromatic rings. The zero-order valence-corrected chi connectivity index (χ0v) is 20.3. The van der Waals surface area contributed by atoms with E-state index in [1.807, 2.05) is 35.9 Å². The maximum atomic E-state index is 13.3. The van der Waals surface area contributed by atoms with Gasteiger partial charge in [0.2, 0.25) is 5.91 Å². The van der Waals surface area contributed by atoms with Crippen molar-refractivity contribution in [1.82, 2.24) is 24.9 Å². The number of carbonyl (C=O) groups excluding carboxylic acids is 1. The minimum absolute atomic E-state index is 0.00440. The first kappa shape index (κ1) is 22.1. The average molecular weight is 467 g/mol. The topological polar surface area (TPSA) is 67.2 Å². The summed E-state index contributed by atoms with van der Waals surface area (Å²) in [7, 11) is 0. The molecule has 7 nitrogen and oxygen atoms in total. The number of anilines is 1. The maximum absolute atomic E-state index is 13.3. The molecule has 2 aromatic heterocycles. The van der Waals surface area contributed by atoms with E-state index in [9.17, 15) is 4.79 Å². The second-order valence-electron chi connectivity index (χ2n) is 9.60. The van der Waals surface area contributed by atoms with Crippen LogP contribution in [-0.2, 0) is 4.79 Å². The molecule has 2 saturated heterocycles. The number of benzene rings is 1. The number of likely N-dealkylation sites (tertiary alicyclic amines) is 1. The lowest BCUT2D eigenvalue weighted by atomic mass is 9.93. The van der Waals surface area contributed by atoms with Crippen LogP contribution in [0.15, 0.2) is 24.3 Å². The number of hydrogen-bond donors (Lipinski definition) is 0. The van der Waals surface area contributed by atoms with Crippen molar-refractivity contribution in [2.24, 2.45) is 11.8 Å². The molecule has 1 atom stereocenters. The highest BCUT2D eigenvalue weighted by Crippen LogP contribution is 2.32. The number of fused-ring (bicyclic) bond motifs is 1. The molecule has 0 aliphatic carbocycles. The molecule has 0 radical (unpaired) electrons. The highest BCUT2D eigenvalue weighted by atomic mass is 35.5. The minimum atomic E-state index is 0.00440. The third-order valence-corrected chi connectivity index (χ3v) is 7.47. The summed E-state index contributed by atoms with van der Waals surface area (Å²) in [5.41, 5.74) is 3.67. The fraction of sp³-hybridized carbons (Fsp3) is 0.520. The van der Waals surface area contributed by atoms with Gasteiger partial charge in [-0.15, -0.1) is 5.10 Å². The molecular weight excluding hydrogens is 436 g/mol. The van der Waals surface area contributed by atoms with Crippen molar-refractivity contribution in [2.45, 2.75) is 46.5 Å². The van der Waals surface area contributed by atoms with Crippen molar-refractivity contribution in [3.63, 3.8) is 0 Å². The zero-order chi connectivity index (χ0) is 23.1. The number of rotatable bonds is 3. The van der Waals surface area contributed by atoms with Gasteiger partial charge < -0.3 is 9.80 Å². The molecule has 0 bridgehead atoms. The van der Waals surface area contributed by atoms with E-state index in [2.05, 4.69) is 33.8 Å². The number of aromatic nitrogens is 4. The van der Waals surface area contributed by atoms with Crippen LogP contribution in [0.3, 0.4) is 0 Å². The van der Waals surface area contributed by atoms with E-state index in [0.29, 0.717) is 23.4 Å². The van der Waals surface area contributed by atoms with Gasteiger partial charge in [-0.05, 0) is 69.7 Å². The van der Waals surface area contributed by atoms with E-state index >= 15 is 0 Å². The summed E-state index contributed by atoms with van der Waals surface area (Å²) < 4.78 is 1.93. The molecule has 33 heavy (non-hydrogen) atoms. The van der Waals surface area contributed by atoms with Crippen LogP contribution in [0.25, 0.3) is 16.6 Å². The number of piperidine rings is 2. The molecule has 1 unspecified atom stereocenters. The van der Waals surface area contributed by atoms with Gasteiger partial charge in [0.15, 0.2) is 5.82 Å². The lowest BCUT2D eigenvalue weighted by Crippen LogP contribution is -2.47. The van der Waals surface area contributed by atoms with Crippen molar-refractivity contribution in [3.8, 4) is 5.69 Å². The number of carbonyl (C=O) groups is 1. The maximum Gasteiger partial charge on any atom is 0.227 e. The lowest BCUT2D eigenvalue weighted by molar-refractivity contribution is -0.137. The van der Waals surface area contributed by atoms with Crippen LogP contribution in [0.1, 0.15) is 44.0 Å². The third kappa shape index (κ3) is 4.19. The first-order valence-corrected chi connectivity index (χ1v) is 12.3. The quantitative estimate of drug-likeness (QED) is 0.566. The lowest BCUT2D eigenvalue weighted by Gasteiger charge is -2.37. The normalized spacial score (nSPS) is 19.9. The Morgan fingerprint density at radius 3 is 2.48 bits per heavy atom. The van der Waals surface area contributed by atoms with Gasteiger partial charge >= 0.3 is 0 Å². The van der Waals surface area contributed by atoms with Crippen LogP contribution in [0, 0.1) is 25.7 Å². The van der Waals surface area contributed by atoms with Crippen molar-refractivity contribution in [2.75, 3.05) is 31.1 Å². The molecule has 8 heteroatoms. The van der Waals surface area contributed by atoms with Crippen molar-refractivity contribution in [3.05, 3.63) is 40.7 Å². The molecule has 2 aliphatic heterocycles. The molecule has 174 valence electrons. The summed E-state index contributed by atoms with van der Waals surface area (Å²) >= 11 is 6.08. The fourth-order valence-electron chi connectivity index (χ4n) is 5.22. The van der Waals surface area contributed by atoms with Gasteiger partial charge in [-0.2, -0.15) is 10.2 Å². The van der Waals surface area contributed by atoms with Gasteiger partial charge in [0.1, 0.15) is 5.52 Å². The Hall–Kier alpha value is -2.67. The molecule has 4 heterocycles. The molecule has 0 N–H and O–H groups in total. The highest BCUT2D eigenvalue weighted by molar-refractivity contribution is 6.30. The van der Waals surface area contributed by atoms with Gasteiger partial charge in [-0.25, -0.2) is 4.68 Å². The second kappa shape index (κ2) is 8.93. The smallest absolute Gasteiger partial charge is 0.227 e. The molecule has 0 saturated carbocycles. The predicted octanol–water partition coefficient (Wildman–Crippen LogP) is 4.56. The summed E-state index contributed by atoms with van der Waals surface area (Å²) in [4.78, 5) is 17.5. The minimum Gasteiger partial charge on any atom is -0.352 e. The van der Waals surface area contributed by atoms with E-state index in [1.54, 1.807) is 0 Å². The van der Waals surface area contributed by atoms with Gasteiger partial charge in [-0.3, -0.25) is 4.79 Å². The second-order valence-corrected chi connectivity index (χ2v) is 10.0. The van der Waals surface area contributed by atoms with Gasteiger partial charge in [0.25, 0.3) is 0 Å². The zero-order valence-electron chi connectivity index (χ0n) is 19.6. The molecule has 0 spiro atoms. The van der Waals surface area contributed by atoms with Crippen LogP contribution < -0.4 is 4.90 Å². The predicted molar refractivity (Wildman–Crippen MR) is 131 cm³/mol. The number of hydrogen-bond acceptors (Lipinski definition) is 5. The summed E-state index contributed by atoms with van der Waals surface area (Å²) in [6, 6.07) is 7.67. The first-order chi connectivity index (χ1) is 15.9. The average Bonchev–Trinajstić information content (AvgIpc) is 3.18. The van der Waals surface area contributed by atoms with Crippen LogP contribution in [0.5, 0.6) is 0 Å². The monoisotopic (exact) mass is 466 g/mol. The van der Waals surface area contributed by atoms with E-state index in [0.717, 1.165) is 79.1 Å². The number of nitrogens with zero attached hydrogens (tertiary/aromatic N) is 6. The van der Waals surface area contributed by atoms with Gasteiger partial charge in [0.05, 0.1) is 28.4 Å². The Balaban J connectivity index is 1.45. The van der Waals surface area contributed by atoms with E-state index in [-0.39, 0.29) is 5.92 Å². The van der Waals surface area contributed by atoms with Gasteiger partial charge in [-0.1, -0.05) is 18.5 Å². The third-order valence-electron chi connectivity index (χ3n) is 7.22. The summed E-state index contributed by atoms with van der Waals surface area (Å²) in [5, 5.41) is 15.7. The summed E-state index contributed by atoms with van der Waals surface area (Å²) in [6.07, 6.45) is 4.11.